The van der Waals surface area contributed by atoms with Crippen molar-refractivity contribution in [3.8, 4) is 17.2 Å². The Bertz CT molecular complexity index is 2070. The fourth-order valence-electron chi connectivity index (χ4n) is 5.18. The summed E-state index contributed by atoms with van der Waals surface area (Å²) in [7, 11) is 1.50. The van der Waals surface area contributed by atoms with Crippen LogP contribution < -0.4 is 29.1 Å². The summed E-state index contributed by atoms with van der Waals surface area (Å²) in [6, 6.07) is 16.2. The molecule has 244 valence electrons. The minimum Gasteiger partial charge on any atom is -0.493 e. The number of thiazole rings is 1. The highest BCUT2D eigenvalue weighted by atomic mass is 79.9. The average Bonchev–Trinajstić information content (AvgIpc) is 3.33. The van der Waals surface area contributed by atoms with Crippen LogP contribution in [0.3, 0.4) is 0 Å². The third kappa shape index (κ3) is 7.15. The van der Waals surface area contributed by atoms with Gasteiger partial charge in [-0.05, 0) is 79.0 Å². The van der Waals surface area contributed by atoms with E-state index < -0.39 is 16.9 Å². The summed E-state index contributed by atoms with van der Waals surface area (Å²) in [5.41, 5.74) is 2.25. The molecule has 2 heterocycles. The Morgan fingerprint density at radius 3 is 2.62 bits per heavy atom. The van der Waals surface area contributed by atoms with Gasteiger partial charge in [-0.1, -0.05) is 41.7 Å². The van der Waals surface area contributed by atoms with Crippen LogP contribution in [0.25, 0.3) is 6.08 Å². The number of nitro benzene ring substituents is 1. The molecule has 0 spiro atoms. The maximum atomic E-state index is 14.2. The minimum absolute atomic E-state index is 0.0308. The number of para-hydroxylation sites is 1. The molecule has 0 bridgehead atoms. The number of hydrogen-bond acceptors (Lipinski definition) is 10. The molecule has 0 fully saturated rings. The number of non-ortho nitro benzene ring substituents is 1. The number of nitro groups is 1. The van der Waals surface area contributed by atoms with E-state index in [0.717, 1.165) is 0 Å². The standard InChI is InChI=1S/C34H32BrN3O8S/c1-6-44-33(40)29-20(4)36-34-37(30(29)24-12-7-8-13-26(24)46-19(2)3)32(39)28(47-34)17-22-15-25(35)31(27(16-22)43-5)45-18-21-10-9-11-23(14-21)38(41)42/h7-17,19,30H,6,18H2,1-5H3/b28-17+/t30-/m0/s1. The summed E-state index contributed by atoms with van der Waals surface area (Å²) in [5, 5.41) is 11.2. The highest BCUT2D eigenvalue weighted by Crippen LogP contribution is 2.38. The van der Waals surface area contributed by atoms with E-state index in [-0.39, 0.29) is 36.1 Å². The molecule has 0 saturated carbocycles. The van der Waals surface area contributed by atoms with Gasteiger partial charge >= 0.3 is 5.97 Å². The van der Waals surface area contributed by atoms with E-state index in [2.05, 4.69) is 20.9 Å². The summed E-state index contributed by atoms with van der Waals surface area (Å²) < 4.78 is 25.6. The fraction of sp³-hybridized carbons (Fsp3) is 0.265. The van der Waals surface area contributed by atoms with Crippen molar-refractivity contribution in [1.29, 1.82) is 0 Å². The van der Waals surface area contributed by atoms with Crippen molar-refractivity contribution in [2.45, 2.75) is 46.4 Å². The van der Waals surface area contributed by atoms with Crippen LogP contribution >= 0.6 is 27.3 Å². The first-order valence-corrected chi connectivity index (χ1v) is 16.3. The first-order chi connectivity index (χ1) is 22.5. The van der Waals surface area contributed by atoms with Gasteiger partial charge in [0.1, 0.15) is 18.4 Å². The molecule has 1 aliphatic heterocycles. The quantitative estimate of drug-likeness (QED) is 0.107. The van der Waals surface area contributed by atoms with Crippen LogP contribution in [0.5, 0.6) is 17.2 Å². The largest absolute Gasteiger partial charge is 0.493 e. The Kier molecular flexibility index (Phi) is 10.3. The van der Waals surface area contributed by atoms with Crippen LogP contribution in [0.4, 0.5) is 5.69 Å². The molecule has 11 nitrogen and oxygen atoms in total. The summed E-state index contributed by atoms with van der Waals surface area (Å²) in [4.78, 5) is 43.3. The van der Waals surface area contributed by atoms with Crippen molar-refractivity contribution < 1.29 is 28.7 Å². The number of carbonyl (C=O) groups excluding carboxylic acids is 1. The first-order valence-electron chi connectivity index (χ1n) is 14.7. The van der Waals surface area contributed by atoms with E-state index in [4.69, 9.17) is 18.9 Å². The molecule has 4 aromatic rings. The molecule has 0 amide bonds. The van der Waals surface area contributed by atoms with Gasteiger partial charge in [0, 0.05) is 17.7 Å². The number of ether oxygens (including phenoxy) is 4. The van der Waals surface area contributed by atoms with Gasteiger partial charge in [-0.25, -0.2) is 9.79 Å². The number of esters is 1. The van der Waals surface area contributed by atoms with Crippen LogP contribution in [0.2, 0.25) is 0 Å². The van der Waals surface area contributed by atoms with E-state index in [1.165, 1.54) is 35.1 Å². The summed E-state index contributed by atoms with van der Waals surface area (Å²) in [6.07, 6.45) is 1.58. The second-order valence-electron chi connectivity index (χ2n) is 10.8. The molecule has 47 heavy (non-hydrogen) atoms. The number of benzene rings is 3. The zero-order valence-electron chi connectivity index (χ0n) is 26.3. The predicted octanol–water partition coefficient (Wildman–Crippen LogP) is 5.84. The molecule has 13 heteroatoms. The molecule has 0 saturated heterocycles. The lowest BCUT2D eigenvalue weighted by Gasteiger charge is -2.26. The third-order valence-corrected chi connectivity index (χ3v) is 8.72. The second-order valence-corrected chi connectivity index (χ2v) is 12.6. The van der Waals surface area contributed by atoms with E-state index in [9.17, 15) is 19.7 Å². The average molecular weight is 723 g/mol. The summed E-state index contributed by atoms with van der Waals surface area (Å²) in [6.45, 7) is 7.51. The minimum atomic E-state index is -0.826. The Hall–Kier alpha value is -4.75. The number of hydrogen-bond donors (Lipinski definition) is 0. The topological polar surface area (TPSA) is 131 Å². The molecule has 5 rings (SSSR count). The molecule has 1 aromatic heterocycles. The van der Waals surface area contributed by atoms with Gasteiger partial charge in [0.05, 0.1) is 45.0 Å². The number of halogens is 1. The Balaban J connectivity index is 1.58. The Morgan fingerprint density at radius 2 is 1.91 bits per heavy atom. The normalized spacial score (nSPS) is 14.4. The number of fused-ring (bicyclic) bond motifs is 1. The van der Waals surface area contributed by atoms with Gasteiger partial charge < -0.3 is 18.9 Å². The van der Waals surface area contributed by atoms with E-state index in [1.807, 2.05) is 38.1 Å². The number of carbonyl (C=O) groups is 1. The lowest BCUT2D eigenvalue weighted by atomic mass is 9.95. The van der Waals surface area contributed by atoms with Gasteiger partial charge in [0.2, 0.25) is 0 Å². The number of aromatic nitrogens is 1. The highest BCUT2D eigenvalue weighted by molar-refractivity contribution is 9.10. The molecular formula is C34H32BrN3O8S. The molecule has 3 aromatic carbocycles. The van der Waals surface area contributed by atoms with Crippen molar-refractivity contribution in [1.82, 2.24) is 4.57 Å². The van der Waals surface area contributed by atoms with Crippen LogP contribution in [-0.2, 0) is 16.1 Å². The van der Waals surface area contributed by atoms with Crippen LogP contribution in [0.15, 0.2) is 86.2 Å². The maximum absolute atomic E-state index is 14.2. The zero-order valence-corrected chi connectivity index (χ0v) is 28.7. The predicted molar refractivity (Wildman–Crippen MR) is 181 cm³/mol. The van der Waals surface area contributed by atoms with Gasteiger partial charge in [-0.2, -0.15) is 0 Å². The van der Waals surface area contributed by atoms with Gasteiger partial charge in [0.15, 0.2) is 16.3 Å². The molecular weight excluding hydrogens is 690 g/mol. The van der Waals surface area contributed by atoms with Crippen molar-refractivity contribution in [3.05, 3.63) is 123 Å². The van der Waals surface area contributed by atoms with Crippen LogP contribution in [-0.4, -0.2) is 35.3 Å². The lowest BCUT2D eigenvalue weighted by molar-refractivity contribution is -0.384. The molecule has 1 aliphatic rings. The molecule has 0 unspecified atom stereocenters. The maximum Gasteiger partial charge on any atom is 0.338 e. The van der Waals surface area contributed by atoms with Crippen LogP contribution in [0.1, 0.15) is 50.4 Å². The van der Waals surface area contributed by atoms with Crippen LogP contribution in [0, 0.1) is 10.1 Å². The Labute approximate surface area is 282 Å². The molecule has 1 atom stereocenters. The SMILES string of the molecule is CCOC(=O)C1=C(C)N=c2s/c(=C/c3cc(Br)c(OCc4cccc([N+](=O)[O-])c4)c(OC)c3)c(=O)n2[C@H]1c1ccccc1OC(C)C. The summed E-state index contributed by atoms with van der Waals surface area (Å²) in [5.74, 6) is 0.783. The monoisotopic (exact) mass is 721 g/mol. The van der Waals surface area contributed by atoms with E-state index in [0.29, 0.717) is 53.4 Å². The van der Waals surface area contributed by atoms with Crippen molar-refractivity contribution >= 4 is 45.0 Å². The highest BCUT2D eigenvalue weighted by Gasteiger charge is 2.35. The van der Waals surface area contributed by atoms with Gasteiger partial charge in [-0.3, -0.25) is 19.5 Å². The van der Waals surface area contributed by atoms with Crippen molar-refractivity contribution in [2.24, 2.45) is 4.99 Å². The molecule has 0 aliphatic carbocycles. The van der Waals surface area contributed by atoms with Crippen molar-refractivity contribution in [3.63, 3.8) is 0 Å². The second kappa shape index (κ2) is 14.3. The smallest absolute Gasteiger partial charge is 0.338 e. The zero-order chi connectivity index (χ0) is 33.8. The number of allylic oxidation sites excluding steroid dienone is 1. The fourth-order valence-corrected chi connectivity index (χ4v) is 6.80. The van der Waals surface area contributed by atoms with Gasteiger partial charge in [-0.15, -0.1) is 0 Å². The molecule has 0 radical (unpaired) electrons. The van der Waals surface area contributed by atoms with Gasteiger partial charge in [0.25, 0.3) is 11.2 Å². The van der Waals surface area contributed by atoms with Crippen molar-refractivity contribution in [2.75, 3.05) is 13.7 Å². The van der Waals surface area contributed by atoms with E-state index >= 15 is 0 Å². The molecule has 0 N–H and O–H groups in total. The number of nitrogens with zero attached hydrogens (tertiary/aromatic N) is 3. The van der Waals surface area contributed by atoms with E-state index in [1.54, 1.807) is 44.2 Å². The third-order valence-electron chi connectivity index (χ3n) is 7.15. The summed E-state index contributed by atoms with van der Waals surface area (Å²) >= 11 is 4.75. The first kappa shape index (κ1) is 33.6. The Morgan fingerprint density at radius 1 is 1.15 bits per heavy atom. The lowest BCUT2D eigenvalue weighted by Crippen LogP contribution is -2.40. The number of rotatable bonds is 11. The number of methoxy groups -OCH3 is 1.